The lowest BCUT2D eigenvalue weighted by Crippen LogP contribution is -2.28. The summed E-state index contributed by atoms with van der Waals surface area (Å²) in [7, 11) is 1.95. The van der Waals surface area contributed by atoms with Crippen LogP contribution in [0, 0.1) is 0 Å². The zero-order valence-electron chi connectivity index (χ0n) is 17.4. The second kappa shape index (κ2) is 8.80. The Bertz CT molecular complexity index is 866. The van der Waals surface area contributed by atoms with E-state index >= 15 is 0 Å². The van der Waals surface area contributed by atoms with Gasteiger partial charge < -0.3 is 9.80 Å². The largest absolute Gasteiger partial charge is 0.357 e. The molecule has 0 spiro atoms. The zero-order chi connectivity index (χ0) is 20.2. The van der Waals surface area contributed by atoms with Crippen molar-refractivity contribution in [1.29, 1.82) is 0 Å². The molecule has 154 valence electrons. The molecule has 29 heavy (non-hydrogen) atoms. The first-order chi connectivity index (χ1) is 14.2. The van der Waals surface area contributed by atoms with E-state index in [0.717, 1.165) is 49.7 Å². The van der Waals surface area contributed by atoms with Crippen molar-refractivity contribution in [1.82, 2.24) is 19.7 Å². The highest BCUT2D eigenvalue weighted by Crippen LogP contribution is 2.36. The van der Waals surface area contributed by atoms with Gasteiger partial charge in [0.1, 0.15) is 5.82 Å². The number of aromatic nitrogens is 3. The fraction of sp³-hybridized carbons (Fsp3) is 0.522. The zero-order valence-corrected chi connectivity index (χ0v) is 17.4. The summed E-state index contributed by atoms with van der Waals surface area (Å²) in [5, 5.41) is 4.68. The summed E-state index contributed by atoms with van der Waals surface area (Å²) in [6, 6.07) is 4.29. The van der Waals surface area contributed by atoms with Crippen molar-refractivity contribution >= 4 is 11.7 Å². The highest BCUT2D eigenvalue weighted by atomic mass is 16.2. The van der Waals surface area contributed by atoms with Crippen molar-refractivity contribution in [3.05, 3.63) is 42.7 Å². The number of carbonyl (C=O) groups is 1. The molecule has 2 aliphatic rings. The van der Waals surface area contributed by atoms with Crippen LogP contribution >= 0.6 is 0 Å². The first-order valence-corrected chi connectivity index (χ1v) is 10.8. The topological polar surface area (TPSA) is 54.3 Å². The number of rotatable bonds is 4. The molecular formula is C23H31N5O. The lowest BCUT2D eigenvalue weighted by molar-refractivity contribution is -0.125. The fourth-order valence-corrected chi connectivity index (χ4v) is 4.55. The van der Waals surface area contributed by atoms with Gasteiger partial charge >= 0.3 is 0 Å². The molecule has 2 aromatic heterocycles. The smallest absolute Gasteiger partial charge is 0.245 e. The van der Waals surface area contributed by atoms with Crippen LogP contribution in [0.5, 0.6) is 0 Å². The Kier molecular flexibility index (Phi) is 5.97. The number of pyridine rings is 1. The Labute approximate surface area is 173 Å². The van der Waals surface area contributed by atoms with Crippen LogP contribution in [0.2, 0.25) is 0 Å². The van der Waals surface area contributed by atoms with Gasteiger partial charge in [-0.05, 0) is 43.0 Å². The molecule has 2 saturated heterocycles. The van der Waals surface area contributed by atoms with Crippen molar-refractivity contribution in [3.63, 3.8) is 0 Å². The highest BCUT2D eigenvalue weighted by molar-refractivity contribution is 5.87. The molecular weight excluding hydrogens is 362 g/mol. The molecule has 0 bridgehead atoms. The van der Waals surface area contributed by atoms with Crippen molar-refractivity contribution in [2.45, 2.75) is 44.4 Å². The van der Waals surface area contributed by atoms with Crippen LogP contribution in [0.4, 0.5) is 5.82 Å². The average molecular weight is 394 g/mol. The first-order valence-electron chi connectivity index (χ1n) is 10.8. The van der Waals surface area contributed by atoms with Gasteiger partial charge in [-0.3, -0.25) is 9.48 Å². The van der Waals surface area contributed by atoms with E-state index in [0.29, 0.717) is 0 Å². The number of anilines is 1. The summed E-state index contributed by atoms with van der Waals surface area (Å²) in [5.74, 6) is 1.34. The SMILES string of the molecule is C=CC(=O)N1CCC(c2cnc(N3CCCCCCC3)cc2-c2ccn(C)n2)C1. The lowest BCUT2D eigenvalue weighted by Gasteiger charge is -2.27. The second-order valence-corrected chi connectivity index (χ2v) is 8.23. The van der Waals surface area contributed by atoms with Crippen molar-refractivity contribution in [2.75, 3.05) is 31.1 Å². The molecule has 6 heteroatoms. The van der Waals surface area contributed by atoms with E-state index in [1.807, 2.05) is 29.0 Å². The Hall–Kier alpha value is -2.63. The van der Waals surface area contributed by atoms with Gasteiger partial charge in [0.05, 0.1) is 5.69 Å². The van der Waals surface area contributed by atoms with Gasteiger partial charge in [0.15, 0.2) is 0 Å². The number of aryl methyl sites for hydroxylation is 1. The molecule has 4 rings (SSSR count). The maximum absolute atomic E-state index is 12.0. The van der Waals surface area contributed by atoms with Crippen LogP contribution in [0.25, 0.3) is 11.3 Å². The molecule has 1 unspecified atom stereocenters. The van der Waals surface area contributed by atoms with Gasteiger partial charge in [-0.15, -0.1) is 0 Å². The van der Waals surface area contributed by atoms with Gasteiger partial charge in [-0.2, -0.15) is 5.10 Å². The van der Waals surface area contributed by atoms with Crippen molar-refractivity contribution < 1.29 is 4.79 Å². The number of hydrogen-bond donors (Lipinski definition) is 0. The molecule has 4 heterocycles. The molecule has 2 fully saturated rings. The summed E-state index contributed by atoms with van der Waals surface area (Å²) in [6.45, 7) is 7.25. The van der Waals surface area contributed by atoms with Crippen LogP contribution in [0.15, 0.2) is 37.2 Å². The number of amides is 1. The summed E-state index contributed by atoms with van der Waals surface area (Å²) < 4.78 is 1.84. The minimum Gasteiger partial charge on any atom is -0.357 e. The summed E-state index contributed by atoms with van der Waals surface area (Å²) in [5.41, 5.74) is 3.32. The number of hydrogen-bond acceptors (Lipinski definition) is 4. The van der Waals surface area contributed by atoms with Crippen LogP contribution in [-0.2, 0) is 11.8 Å². The number of likely N-dealkylation sites (tertiary alicyclic amines) is 1. The van der Waals surface area contributed by atoms with Crippen molar-refractivity contribution in [3.8, 4) is 11.3 Å². The van der Waals surface area contributed by atoms with E-state index in [9.17, 15) is 4.79 Å². The molecule has 2 aliphatic heterocycles. The molecule has 0 radical (unpaired) electrons. The first kappa shape index (κ1) is 19.7. The number of carbonyl (C=O) groups excluding carboxylic acids is 1. The van der Waals surface area contributed by atoms with E-state index in [4.69, 9.17) is 4.98 Å². The monoisotopic (exact) mass is 393 g/mol. The standard InChI is InChI=1S/C23H31N5O/c1-3-23(29)28-14-9-18(17-28)20-16-24-22(27-11-7-5-4-6-8-12-27)15-19(20)21-10-13-26(2)25-21/h3,10,13,15-16,18H,1,4-9,11-12,14,17H2,2H3. The maximum Gasteiger partial charge on any atom is 0.245 e. The van der Waals surface area contributed by atoms with Crippen LogP contribution in [-0.4, -0.2) is 51.8 Å². The average Bonchev–Trinajstić information content (AvgIpc) is 3.36. The predicted octanol–water partition coefficient (Wildman–Crippen LogP) is 3.75. The van der Waals surface area contributed by atoms with Crippen molar-refractivity contribution in [2.24, 2.45) is 7.05 Å². The van der Waals surface area contributed by atoms with Gasteiger partial charge in [0.2, 0.25) is 5.91 Å². The van der Waals surface area contributed by atoms with Gasteiger partial charge in [-0.1, -0.05) is 25.8 Å². The molecule has 2 aromatic rings. The molecule has 1 atom stereocenters. The minimum absolute atomic E-state index is 0.0112. The van der Waals surface area contributed by atoms with Crippen LogP contribution in [0.1, 0.15) is 50.0 Å². The molecule has 6 nitrogen and oxygen atoms in total. The summed E-state index contributed by atoms with van der Waals surface area (Å²) >= 11 is 0. The highest BCUT2D eigenvalue weighted by Gasteiger charge is 2.29. The number of nitrogens with zero attached hydrogens (tertiary/aromatic N) is 5. The maximum atomic E-state index is 12.0. The lowest BCUT2D eigenvalue weighted by atomic mass is 9.93. The summed E-state index contributed by atoms with van der Waals surface area (Å²) in [4.78, 5) is 21.2. The third-order valence-corrected chi connectivity index (χ3v) is 6.20. The van der Waals surface area contributed by atoms with Crippen LogP contribution < -0.4 is 4.90 Å². The molecule has 0 saturated carbocycles. The van der Waals surface area contributed by atoms with E-state index in [2.05, 4.69) is 28.7 Å². The predicted molar refractivity (Wildman–Crippen MR) is 116 cm³/mol. The Morgan fingerprint density at radius 1 is 1.17 bits per heavy atom. The van der Waals surface area contributed by atoms with Crippen LogP contribution in [0.3, 0.4) is 0 Å². The fourth-order valence-electron chi connectivity index (χ4n) is 4.55. The normalized spacial score (nSPS) is 20.4. The third kappa shape index (κ3) is 4.36. The molecule has 0 N–H and O–H groups in total. The van der Waals surface area contributed by atoms with E-state index < -0.39 is 0 Å². The van der Waals surface area contributed by atoms with Gasteiger partial charge in [0.25, 0.3) is 0 Å². The molecule has 0 aromatic carbocycles. The van der Waals surface area contributed by atoms with E-state index in [1.165, 1.54) is 43.7 Å². The molecule has 0 aliphatic carbocycles. The van der Waals surface area contributed by atoms with Gasteiger partial charge in [-0.25, -0.2) is 4.98 Å². The Balaban J connectivity index is 1.66. The Morgan fingerprint density at radius 3 is 2.62 bits per heavy atom. The third-order valence-electron chi connectivity index (χ3n) is 6.20. The van der Waals surface area contributed by atoms with E-state index in [1.54, 1.807) is 0 Å². The Morgan fingerprint density at radius 2 is 1.93 bits per heavy atom. The second-order valence-electron chi connectivity index (χ2n) is 8.23. The van der Waals surface area contributed by atoms with Gasteiger partial charge in [0, 0.05) is 57.1 Å². The van der Waals surface area contributed by atoms with E-state index in [-0.39, 0.29) is 11.8 Å². The minimum atomic E-state index is 0.0112. The molecule has 1 amide bonds. The summed E-state index contributed by atoms with van der Waals surface area (Å²) in [6.07, 6.45) is 12.8. The quantitative estimate of drug-likeness (QED) is 0.743.